The number of hydrogen-bond donors (Lipinski definition) is 0. The molecule has 0 bridgehead atoms. The van der Waals surface area contributed by atoms with Crippen LogP contribution in [0.15, 0.2) is 53.6 Å². The van der Waals surface area contributed by atoms with Gasteiger partial charge in [-0.2, -0.15) is 0 Å². The summed E-state index contributed by atoms with van der Waals surface area (Å²) in [5, 5.41) is 1.05. The maximum atomic E-state index is 13.1. The molecule has 8 heteroatoms. The van der Waals surface area contributed by atoms with Gasteiger partial charge in [-0.15, -0.1) is 0 Å². The first kappa shape index (κ1) is 18.7. The Labute approximate surface area is 156 Å². The van der Waals surface area contributed by atoms with E-state index in [2.05, 4.69) is 0 Å². The molecule has 0 spiro atoms. The molecule has 1 heterocycles. The minimum Gasteiger partial charge on any atom is -0.490 e. The summed E-state index contributed by atoms with van der Waals surface area (Å²) in [6.07, 6.45) is 1.43. The molecule has 3 rings (SSSR count). The van der Waals surface area contributed by atoms with Crippen LogP contribution in [0.2, 0.25) is 5.02 Å². The van der Waals surface area contributed by atoms with Gasteiger partial charge in [-0.05, 0) is 56.6 Å². The van der Waals surface area contributed by atoms with Crippen molar-refractivity contribution in [2.75, 3.05) is 27.2 Å². The average Bonchev–Trinajstić information content (AvgIpc) is 2.93. The highest BCUT2D eigenvalue weighted by Crippen LogP contribution is 2.33. The lowest BCUT2D eigenvalue weighted by Gasteiger charge is -2.10. The van der Waals surface area contributed by atoms with Gasteiger partial charge in [0.2, 0.25) is 0 Å². The highest BCUT2D eigenvalue weighted by Gasteiger charge is 2.22. The molecular weight excluding hydrogens is 379 g/mol. The second-order valence-corrected chi connectivity index (χ2v) is 8.31. The van der Waals surface area contributed by atoms with Crippen molar-refractivity contribution in [3.8, 4) is 5.75 Å². The monoisotopic (exact) mass is 396 g/mol. The molecule has 0 aliphatic rings. The fraction of sp³-hybridized carbons (Fsp3) is 0.222. The SMILES string of the molecule is CN(C)CCOc1cn(S(=O)(=O)c2ccc(F)cc2)c2cc(Cl)ccc12. The first-order valence-electron chi connectivity index (χ1n) is 7.88. The predicted molar refractivity (Wildman–Crippen MR) is 100.0 cm³/mol. The first-order valence-corrected chi connectivity index (χ1v) is 9.70. The Kier molecular flexibility index (Phi) is 5.22. The lowest BCUT2D eigenvalue weighted by atomic mass is 10.2. The van der Waals surface area contributed by atoms with Crippen LogP contribution in [0, 0.1) is 5.82 Å². The standard InChI is InChI=1S/C18H18ClFN2O3S/c1-21(2)9-10-25-18-12-22(17-11-13(19)3-8-16(17)18)26(23,24)15-6-4-14(20)5-7-15/h3-8,11-12H,9-10H2,1-2H3. The molecule has 0 N–H and O–H groups in total. The fourth-order valence-electron chi connectivity index (χ4n) is 2.51. The molecule has 1 aromatic heterocycles. The van der Waals surface area contributed by atoms with Gasteiger partial charge >= 0.3 is 0 Å². The summed E-state index contributed by atoms with van der Waals surface area (Å²) < 4.78 is 46.0. The van der Waals surface area contributed by atoms with E-state index in [1.54, 1.807) is 18.2 Å². The number of rotatable bonds is 6. The molecule has 0 fully saturated rings. The van der Waals surface area contributed by atoms with Crippen molar-refractivity contribution in [1.29, 1.82) is 0 Å². The number of fused-ring (bicyclic) bond motifs is 1. The van der Waals surface area contributed by atoms with Gasteiger partial charge < -0.3 is 9.64 Å². The van der Waals surface area contributed by atoms with Gasteiger partial charge in [0, 0.05) is 17.0 Å². The van der Waals surface area contributed by atoms with E-state index in [0.29, 0.717) is 34.8 Å². The summed E-state index contributed by atoms with van der Waals surface area (Å²) in [5.74, 6) is -0.0544. The minimum absolute atomic E-state index is 0.0179. The summed E-state index contributed by atoms with van der Waals surface area (Å²) in [6, 6.07) is 9.65. The highest BCUT2D eigenvalue weighted by atomic mass is 35.5. The van der Waals surface area contributed by atoms with Crippen molar-refractivity contribution < 1.29 is 17.5 Å². The number of likely N-dealkylation sites (N-methyl/N-ethyl adjacent to an activating group) is 1. The van der Waals surface area contributed by atoms with Gasteiger partial charge in [0.1, 0.15) is 18.2 Å². The fourth-order valence-corrected chi connectivity index (χ4v) is 4.03. The Morgan fingerprint density at radius 2 is 1.85 bits per heavy atom. The van der Waals surface area contributed by atoms with E-state index in [9.17, 15) is 12.8 Å². The molecule has 138 valence electrons. The third kappa shape index (κ3) is 3.70. The normalized spacial score (nSPS) is 12.0. The summed E-state index contributed by atoms with van der Waals surface area (Å²) in [4.78, 5) is 1.95. The third-order valence-electron chi connectivity index (χ3n) is 3.86. The maximum absolute atomic E-state index is 13.1. The number of nitrogens with zero attached hydrogens (tertiary/aromatic N) is 2. The molecule has 3 aromatic rings. The van der Waals surface area contributed by atoms with Crippen LogP contribution in [-0.2, 0) is 10.0 Å². The molecule has 0 atom stereocenters. The molecule has 0 aliphatic heterocycles. The zero-order chi connectivity index (χ0) is 18.9. The third-order valence-corrected chi connectivity index (χ3v) is 5.79. The molecular formula is C18H18ClFN2O3S. The number of aromatic nitrogens is 1. The molecule has 0 saturated carbocycles. The molecule has 0 unspecified atom stereocenters. The van der Waals surface area contributed by atoms with E-state index in [4.69, 9.17) is 16.3 Å². The Balaban J connectivity index is 2.10. The lowest BCUT2D eigenvalue weighted by molar-refractivity contribution is 0.263. The van der Waals surface area contributed by atoms with Crippen LogP contribution in [0.25, 0.3) is 10.9 Å². The van der Waals surface area contributed by atoms with Gasteiger partial charge in [-0.3, -0.25) is 0 Å². The van der Waals surface area contributed by atoms with Crippen molar-refractivity contribution in [2.45, 2.75) is 4.90 Å². The van der Waals surface area contributed by atoms with Crippen LogP contribution in [-0.4, -0.2) is 44.5 Å². The van der Waals surface area contributed by atoms with Gasteiger partial charge in [-0.25, -0.2) is 16.8 Å². The molecule has 0 radical (unpaired) electrons. The van der Waals surface area contributed by atoms with Gasteiger partial charge in [0.05, 0.1) is 16.6 Å². The van der Waals surface area contributed by atoms with Crippen LogP contribution < -0.4 is 4.74 Å². The van der Waals surface area contributed by atoms with Crippen molar-refractivity contribution in [2.24, 2.45) is 0 Å². The van der Waals surface area contributed by atoms with Crippen LogP contribution in [0.4, 0.5) is 4.39 Å². The molecule has 26 heavy (non-hydrogen) atoms. The Morgan fingerprint density at radius 3 is 2.50 bits per heavy atom. The molecule has 0 amide bonds. The van der Waals surface area contributed by atoms with Crippen molar-refractivity contribution >= 4 is 32.5 Å². The van der Waals surface area contributed by atoms with Crippen molar-refractivity contribution in [3.05, 3.63) is 59.5 Å². The number of ether oxygens (including phenoxy) is 1. The number of halogens is 2. The van der Waals surface area contributed by atoms with Crippen molar-refractivity contribution in [3.63, 3.8) is 0 Å². The lowest BCUT2D eigenvalue weighted by Crippen LogP contribution is -2.19. The first-order chi connectivity index (χ1) is 12.3. The highest BCUT2D eigenvalue weighted by molar-refractivity contribution is 7.90. The van der Waals surface area contributed by atoms with Crippen LogP contribution in [0.3, 0.4) is 0 Å². The van der Waals surface area contributed by atoms with E-state index in [-0.39, 0.29) is 4.90 Å². The van der Waals surface area contributed by atoms with Gasteiger partial charge in [-0.1, -0.05) is 11.6 Å². The predicted octanol–water partition coefficient (Wildman–Crippen LogP) is 3.61. The molecule has 0 aliphatic carbocycles. The number of benzene rings is 2. The molecule has 2 aromatic carbocycles. The van der Waals surface area contributed by atoms with E-state index >= 15 is 0 Å². The van der Waals surface area contributed by atoms with E-state index in [1.807, 2.05) is 19.0 Å². The minimum atomic E-state index is -3.92. The Hall–Kier alpha value is -2.09. The zero-order valence-electron chi connectivity index (χ0n) is 14.3. The van der Waals surface area contributed by atoms with E-state index in [0.717, 1.165) is 16.1 Å². The van der Waals surface area contributed by atoms with E-state index in [1.165, 1.54) is 18.3 Å². The summed E-state index contributed by atoms with van der Waals surface area (Å²) in [7, 11) is -0.0746. The van der Waals surface area contributed by atoms with Crippen LogP contribution in [0.1, 0.15) is 0 Å². The van der Waals surface area contributed by atoms with Crippen LogP contribution in [0.5, 0.6) is 5.75 Å². The summed E-state index contributed by atoms with van der Waals surface area (Å²) in [6.45, 7) is 1.09. The molecule has 5 nitrogen and oxygen atoms in total. The number of hydrogen-bond acceptors (Lipinski definition) is 4. The molecule has 0 saturated heterocycles. The topological polar surface area (TPSA) is 51.5 Å². The second kappa shape index (κ2) is 7.26. The summed E-state index contributed by atoms with van der Waals surface area (Å²) in [5.41, 5.74) is 0.404. The van der Waals surface area contributed by atoms with Gasteiger partial charge in [0.15, 0.2) is 0 Å². The quantitative estimate of drug-likeness (QED) is 0.638. The Bertz CT molecular complexity index is 1030. The van der Waals surface area contributed by atoms with Crippen molar-refractivity contribution in [1.82, 2.24) is 8.87 Å². The van der Waals surface area contributed by atoms with Gasteiger partial charge in [0.25, 0.3) is 10.0 Å². The summed E-state index contributed by atoms with van der Waals surface area (Å²) >= 11 is 6.06. The van der Waals surface area contributed by atoms with Crippen LogP contribution >= 0.6 is 11.6 Å². The Morgan fingerprint density at radius 1 is 1.15 bits per heavy atom. The second-order valence-electron chi connectivity index (χ2n) is 6.06. The largest absolute Gasteiger partial charge is 0.490 e. The zero-order valence-corrected chi connectivity index (χ0v) is 15.9. The maximum Gasteiger partial charge on any atom is 0.268 e. The average molecular weight is 397 g/mol. The smallest absolute Gasteiger partial charge is 0.268 e. The van der Waals surface area contributed by atoms with E-state index < -0.39 is 15.8 Å².